The van der Waals surface area contributed by atoms with Gasteiger partial charge in [-0.2, -0.15) is 0 Å². The molecule has 1 amide bonds. The Bertz CT molecular complexity index is 453. The first-order chi connectivity index (χ1) is 9.20. The summed E-state index contributed by atoms with van der Waals surface area (Å²) in [6.45, 7) is 1.94. The second-order valence-corrected chi connectivity index (χ2v) is 4.53. The van der Waals surface area contributed by atoms with Gasteiger partial charge in [0.05, 0.1) is 19.6 Å². The van der Waals surface area contributed by atoms with Crippen LogP contribution in [0.5, 0.6) is 0 Å². The maximum Gasteiger partial charge on any atom is 0.307 e. The van der Waals surface area contributed by atoms with Gasteiger partial charge in [0.2, 0.25) is 5.91 Å². The highest BCUT2D eigenvalue weighted by Crippen LogP contribution is 2.10. The van der Waals surface area contributed by atoms with Gasteiger partial charge in [0.1, 0.15) is 0 Å². The van der Waals surface area contributed by atoms with Crippen molar-refractivity contribution in [3.8, 4) is 0 Å². The molecule has 1 aromatic rings. The normalized spacial score (nSPS) is 18.4. The van der Waals surface area contributed by atoms with Crippen molar-refractivity contribution in [3.05, 3.63) is 35.9 Å². The Hall–Kier alpha value is -1.59. The number of carbonyl (C=O) groups excluding carboxylic acids is 2. The van der Waals surface area contributed by atoms with Crippen LogP contribution in [0.2, 0.25) is 0 Å². The van der Waals surface area contributed by atoms with E-state index in [0.717, 1.165) is 5.56 Å². The van der Waals surface area contributed by atoms with Crippen LogP contribution >= 0.6 is 12.4 Å². The summed E-state index contributed by atoms with van der Waals surface area (Å²) in [7, 11) is 1.33. The summed E-state index contributed by atoms with van der Waals surface area (Å²) in [5.74, 6) is -0.409. The summed E-state index contributed by atoms with van der Waals surface area (Å²) in [6.07, 6.45) is 0.0840. The zero-order valence-electron chi connectivity index (χ0n) is 11.4. The molecule has 20 heavy (non-hydrogen) atoms. The number of esters is 1. The average Bonchev–Trinajstić information content (AvgIpc) is 2.44. The highest BCUT2D eigenvalue weighted by atomic mass is 35.5. The first-order valence-corrected chi connectivity index (χ1v) is 6.33. The molecule has 0 radical (unpaired) electrons. The van der Waals surface area contributed by atoms with Crippen LogP contribution in [0, 0.1) is 0 Å². The number of piperazine rings is 1. The number of nitrogens with one attached hydrogen (secondary N) is 1. The summed E-state index contributed by atoms with van der Waals surface area (Å²) in [4.78, 5) is 25.3. The number of halogens is 1. The van der Waals surface area contributed by atoms with Gasteiger partial charge in [-0.15, -0.1) is 12.4 Å². The lowest BCUT2D eigenvalue weighted by molar-refractivity contribution is -0.146. The fourth-order valence-corrected chi connectivity index (χ4v) is 2.16. The minimum absolute atomic E-state index is 0. The first-order valence-electron chi connectivity index (χ1n) is 6.33. The molecule has 1 unspecified atom stereocenters. The summed E-state index contributed by atoms with van der Waals surface area (Å²) >= 11 is 0. The van der Waals surface area contributed by atoms with E-state index in [-0.39, 0.29) is 30.7 Å². The van der Waals surface area contributed by atoms with Crippen LogP contribution in [0.3, 0.4) is 0 Å². The Morgan fingerprint density at radius 3 is 2.75 bits per heavy atom. The van der Waals surface area contributed by atoms with E-state index in [2.05, 4.69) is 10.1 Å². The quantitative estimate of drug-likeness (QED) is 0.842. The Balaban J connectivity index is 0.00000200. The molecule has 1 saturated heterocycles. The number of nitrogens with zero attached hydrogens (tertiary/aromatic N) is 1. The Morgan fingerprint density at radius 2 is 2.10 bits per heavy atom. The fourth-order valence-electron chi connectivity index (χ4n) is 2.16. The topological polar surface area (TPSA) is 58.6 Å². The minimum Gasteiger partial charge on any atom is -0.469 e. The van der Waals surface area contributed by atoms with Crippen LogP contribution in [0.15, 0.2) is 30.3 Å². The van der Waals surface area contributed by atoms with Crippen LogP contribution in [0.1, 0.15) is 12.0 Å². The van der Waals surface area contributed by atoms with Crippen LogP contribution in [-0.4, -0.2) is 43.0 Å². The van der Waals surface area contributed by atoms with E-state index in [1.54, 1.807) is 4.90 Å². The van der Waals surface area contributed by atoms with Gasteiger partial charge in [-0.05, 0) is 5.56 Å². The van der Waals surface area contributed by atoms with Gasteiger partial charge in [0.25, 0.3) is 0 Å². The number of amides is 1. The highest BCUT2D eigenvalue weighted by Gasteiger charge is 2.30. The summed E-state index contributed by atoms with van der Waals surface area (Å²) < 4.78 is 4.61. The van der Waals surface area contributed by atoms with E-state index >= 15 is 0 Å². The molecule has 1 atom stereocenters. The number of carbonyl (C=O) groups is 2. The average molecular weight is 299 g/mol. The van der Waals surface area contributed by atoms with Crippen molar-refractivity contribution in [2.24, 2.45) is 0 Å². The molecule has 0 bridgehead atoms. The molecular formula is C14H19ClN2O3. The third-order valence-electron chi connectivity index (χ3n) is 3.20. The van der Waals surface area contributed by atoms with Crippen LogP contribution in [0.4, 0.5) is 0 Å². The smallest absolute Gasteiger partial charge is 0.307 e. The van der Waals surface area contributed by atoms with E-state index in [0.29, 0.717) is 19.6 Å². The molecule has 1 aromatic carbocycles. The van der Waals surface area contributed by atoms with Gasteiger partial charge in [-0.1, -0.05) is 30.3 Å². The molecule has 6 heteroatoms. The van der Waals surface area contributed by atoms with Gasteiger partial charge < -0.3 is 15.0 Å². The van der Waals surface area contributed by atoms with Crippen molar-refractivity contribution in [2.75, 3.05) is 20.2 Å². The van der Waals surface area contributed by atoms with E-state index in [1.165, 1.54) is 7.11 Å². The lowest BCUT2D eigenvalue weighted by Gasteiger charge is -2.32. The zero-order valence-corrected chi connectivity index (χ0v) is 12.2. The van der Waals surface area contributed by atoms with Gasteiger partial charge in [0.15, 0.2) is 0 Å². The van der Waals surface area contributed by atoms with E-state index in [1.807, 2.05) is 30.3 Å². The van der Waals surface area contributed by atoms with Crippen molar-refractivity contribution < 1.29 is 14.3 Å². The van der Waals surface area contributed by atoms with Crippen LogP contribution in [-0.2, 0) is 20.9 Å². The van der Waals surface area contributed by atoms with Crippen molar-refractivity contribution in [3.63, 3.8) is 0 Å². The molecule has 1 fully saturated rings. The Labute approximate surface area is 124 Å². The lowest BCUT2D eigenvalue weighted by Crippen LogP contribution is -2.55. The second-order valence-electron chi connectivity index (χ2n) is 4.53. The van der Waals surface area contributed by atoms with Crippen molar-refractivity contribution in [1.82, 2.24) is 10.2 Å². The maximum absolute atomic E-state index is 12.2. The number of ether oxygens (including phenoxy) is 1. The molecule has 1 aliphatic heterocycles. The summed E-state index contributed by atoms with van der Waals surface area (Å²) in [5, 5.41) is 3.06. The van der Waals surface area contributed by atoms with Crippen molar-refractivity contribution >= 4 is 24.3 Å². The standard InChI is InChI=1S/C14H18N2O3.ClH/c1-19-13(17)9-12-14(18)16(8-7-15-12)10-11-5-3-2-4-6-11;/h2-6,12,15H,7-10H2,1H3;1H. The first kappa shape index (κ1) is 16.5. The maximum atomic E-state index is 12.2. The van der Waals surface area contributed by atoms with Gasteiger partial charge in [0, 0.05) is 19.6 Å². The molecule has 110 valence electrons. The summed E-state index contributed by atoms with van der Waals surface area (Å²) in [5.41, 5.74) is 1.09. The van der Waals surface area contributed by atoms with Gasteiger partial charge in [-0.3, -0.25) is 9.59 Å². The fraction of sp³-hybridized carbons (Fsp3) is 0.429. The van der Waals surface area contributed by atoms with Crippen LogP contribution < -0.4 is 5.32 Å². The largest absolute Gasteiger partial charge is 0.469 e. The number of benzene rings is 1. The minimum atomic E-state index is -0.468. The molecule has 0 aliphatic carbocycles. The molecule has 1 aliphatic rings. The molecule has 1 N–H and O–H groups in total. The van der Waals surface area contributed by atoms with Gasteiger partial charge in [-0.25, -0.2) is 0 Å². The third kappa shape index (κ3) is 4.21. The molecule has 0 spiro atoms. The predicted octanol–water partition coefficient (Wildman–Crippen LogP) is 0.972. The van der Waals surface area contributed by atoms with E-state index in [9.17, 15) is 9.59 Å². The molecule has 0 aromatic heterocycles. The molecule has 1 heterocycles. The molecule has 5 nitrogen and oxygen atoms in total. The highest BCUT2D eigenvalue weighted by molar-refractivity contribution is 5.87. The number of hydrogen-bond acceptors (Lipinski definition) is 4. The zero-order chi connectivity index (χ0) is 13.7. The number of rotatable bonds is 4. The predicted molar refractivity (Wildman–Crippen MR) is 77.5 cm³/mol. The Morgan fingerprint density at radius 1 is 1.40 bits per heavy atom. The molecular weight excluding hydrogens is 280 g/mol. The van der Waals surface area contributed by atoms with E-state index in [4.69, 9.17) is 0 Å². The van der Waals surface area contributed by atoms with Crippen molar-refractivity contribution in [2.45, 2.75) is 19.0 Å². The SMILES string of the molecule is COC(=O)CC1NCCN(Cc2ccccc2)C1=O.Cl. The van der Waals surface area contributed by atoms with Gasteiger partial charge >= 0.3 is 5.97 Å². The summed E-state index contributed by atoms with van der Waals surface area (Å²) in [6, 6.07) is 9.37. The lowest BCUT2D eigenvalue weighted by atomic mass is 10.1. The number of methoxy groups -OCH3 is 1. The third-order valence-corrected chi connectivity index (χ3v) is 3.20. The van der Waals surface area contributed by atoms with Crippen molar-refractivity contribution in [1.29, 1.82) is 0 Å². The van der Waals surface area contributed by atoms with Crippen LogP contribution in [0.25, 0.3) is 0 Å². The molecule has 2 rings (SSSR count). The molecule has 0 saturated carbocycles. The Kier molecular flexibility index (Phi) is 6.48. The second kappa shape index (κ2) is 7.87. The monoisotopic (exact) mass is 298 g/mol. The van der Waals surface area contributed by atoms with E-state index < -0.39 is 6.04 Å². The number of hydrogen-bond donors (Lipinski definition) is 1.